The van der Waals surface area contributed by atoms with Gasteiger partial charge in [0.25, 0.3) is 0 Å². The largest absolute Gasteiger partial charge is 0.325 e. The number of piperidine rings is 1. The Balaban J connectivity index is 1.38. The summed E-state index contributed by atoms with van der Waals surface area (Å²) >= 11 is 0. The Bertz CT molecular complexity index is 1450. The maximum atomic E-state index is 14.9. The molecule has 1 aliphatic rings. The standard InChI is InChI=1S/C27H31FN8O/c1-16(2)36-17(3)31-25-23(36)14-21(33-26(25)28)20-10-11-29-24(32-20)13-18-8-9-19(15-30-18)35-12-6-7-22(27(35)37)34(4)5/h8-11,14-16,22H,6-7,12-13H2,1-5H3/t22-/m1/s1. The van der Waals surface area contributed by atoms with Crippen LogP contribution in [0, 0.1) is 12.9 Å². The van der Waals surface area contributed by atoms with Gasteiger partial charge in [0.2, 0.25) is 11.9 Å². The van der Waals surface area contributed by atoms with E-state index in [2.05, 4.69) is 24.9 Å². The Morgan fingerprint density at radius 3 is 2.62 bits per heavy atom. The van der Waals surface area contributed by atoms with E-state index in [0.29, 0.717) is 35.7 Å². The lowest BCUT2D eigenvalue weighted by Gasteiger charge is -2.35. The van der Waals surface area contributed by atoms with Crippen LogP contribution in [0.1, 0.15) is 50.1 Å². The number of hydrogen-bond donors (Lipinski definition) is 0. The number of rotatable bonds is 6. The first-order chi connectivity index (χ1) is 17.7. The Morgan fingerprint density at radius 1 is 1.11 bits per heavy atom. The van der Waals surface area contributed by atoms with E-state index in [9.17, 15) is 9.18 Å². The molecule has 9 nitrogen and oxygen atoms in total. The Kier molecular flexibility index (Phi) is 6.68. The number of hydrogen-bond acceptors (Lipinski definition) is 7. The van der Waals surface area contributed by atoms with E-state index in [4.69, 9.17) is 0 Å². The SMILES string of the molecule is Cc1nc2c(F)nc(-c3ccnc(Cc4ccc(N5CCC[C@@H](N(C)C)C5=O)cn4)n3)cc2n1C(C)C. The molecule has 1 saturated heterocycles. The Labute approximate surface area is 215 Å². The van der Waals surface area contributed by atoms with Crippen LogP contribution in [0.3, 0.4) is 0 Å². The lowest BCUT2D eigenvalue weighted by atomic mass is 10.0. The van der Waals surface area contributed by atoms with Crippen molar-refractivity contribution in [3.05, 3.63) is 59.9 Å². The second-order valence-electron chi connectivity index (χ2n) is 9.94. The molecule has 1 amide bonds. The predicted molar refractivity (Wildman–Crippen MR) is 140 cm³/mol. The van der Waals surface area contributed by atoms with Crippen molar-refractivity contribution in [1.82, 2.24) is 34.4 Å². The number of nitrogens with zero attached hydrogens (tertiary/aromatic N) is 8. The smallest absolute Gasteiger partial charge is 0.244 e. The van der Waals surface area contributed by atoms with Gasteiger partial charge in [-0.25, -0.2) is 19.9 Å². The molecule has 0 bridgehead atoms. The number of carbonyl (C=O) groups excluding carboxylic acids is 1. The van der Waals surface area contributed by atoms with Crippen molar-refractivity contribution < 1.29 is 9.18 Å². The Hall–Kier alpha value is -3.79. The van der Waals surface area contributed by atoms with E-state index in [1.54, 1.807) is 18.5 Å². The molecule has 0 aliphatic carbocycles. The summed E-state index contributed by atoms with van der Waals surface area (Å²) in [5.41, 5.74) is 3.48. The highest BCUT2D eigenvalue weighted by molar-refractivity contribution is 5.97. The molecule has 1 aliphatic heterocycles. The van der Waals surface area contributed by atoms with Crippen LogP contribution in [0.4, 0.5) is 10.1 Å². The zero-order valence-electron chi connectivity index (χ0n) is 21.8. The van der Waals surface area contributed by atoms with Crippen molar-refractivity contribution in [3.8, 4) is 11.4 Å². The maximum Gasteiger partial charge on any atom is 0.244 e. The van der Waals surface area contributed by atoms with Crippen molar-refractivity contribution >= 4 is 22.6 Å². The summed E-state index contributed by atoms with van der Waals surface area (Å²) in [6, 6.07) is 7.39. The van der Waals surface area contributed by atoms with Gasteiger partial charge in [-0.15, -0.1) is 0 Å². The lowest BCUT2D eigenvalue weighted by Crippen LogP contribution is -2.50. The van der Waals surface area contributed by atoms with Crippen LogP contribution in [0.2, 0.25) is 0 Å². The first-order valence-electron chi connectivity index (χ1n) is 12.5. The highest BCUT2D eigenvalue weighted by Gasteiger charge is 2.31. The molecule has 0 N–H and O–H groups in total. The Morgan fingerprint density at radius 2 is 1.92 bits per heavy atom. The monoisotopic (exact) mass is 502 g/mol. The van der Waals surface area contributed by atoms with E-state index in [0.717, 1.165) is 30.0 Å². The third-order valence-corrected chi connectivity index (χ3v) is 6.79. The van der Waals surface area contributed by atoms with Gasteiger partial charge < -0.3 is 9.47 Å². The van der Waals surface area contributed by atoms with Crippen molar-refractivity contribution in [2.75, 3.05) is 25.5 Å². The fourth-order valence-corrected chi connectivity index (χ4v) is 5.02. The predicted octanol–water partition coefficient (Wildman–Crippen LogP) is 3.96. The van der Waals surface area contributed by atoms with Crippen LogP contribution in [0.15, 0.2) is 36.7 Å². The number of halogens is 1. The summed E-state index contributed by atoms with van der Waals surface area (Å²) in [4.78, 5) is 38.7. The number of fused-ring (bicyclic) bond motifs is 1. The molecule has 0 unspecified atom stereocenters. The summed E-state index contributed by atoms with van der Waals surface area (Å²) in [6.45, 7) is 6.63. The summed E-state index contributed by atoms with van der Waals surface area (Å²) in [6.07, 6.45) is 5.60. The van der Waals surface area contributed by atoms with Gasteiger partial charge in [0.15, 0.2) is 0 Å². The second-order valence-corrected chi connectivity index (χ2v) is 9.94. The van der Waals surface area contributed by atoms with Crippen molar-refractivity contribution in [2.45, 2.75) is 52.1 Å². The molecule has 1 atom stereocenters. The van der Waals surface area contributed by atoms with Crippen molar-refractivity contribution in [2.24, 2.45) is 0 Å². The zero-order valence-corrected chi connectivity index (χ0v) is 21.8. The summed E-state index contributed by atoms with van der Waals surface area (Å²) in [5, 5.41) is 0. The molecule has 10 heteroatoms. The minimum atomic E-state index is -0.615. The zero-order chi connectivity index (χ0) is 26.3. The minimum absolute atomic E-state index is 0.104. The number of carbonyl (C=O) groups is 1. The number of likely N-dealkylation sites (N-methyl/N-ethyl adjacent to an activating group) is 1. The number of amides is 1. The maximum absolute atomic E-state index is 14.9. The molecule has 0 saturated carbocycles. The van der Waals surface area contributed by atoms with Gasteiger partial charge >= 0.3 is 0 Å². The number of aryl methyl sites for hydroxylation is 1. The molecule has 192 valence electrons. The topological polar surface area (TPSA) is 92.9 Å². The molecule has 1 fully saturated rings. The van der Waals surface area contributed by atoms with Gasteiger partial charge in [-0.1, -0.05) is 0 Å². The van der Waals surface area contributed by atoms with Crippen LogP contribution in [0.5, 0.6) is 0 Å². The van der Waals surface area contributed by atoms with Crippen LogP contribution in [-0.4, -0.2) is 67.0 Å². The average Bonchev–Trinajstić information content (AvgIpc) is 3.21. The van der Waals surface area contributed by atoms with Gasteiger partial charge in [-0.3, -0.25) is 14.7 Å². The third-order valence-electron chi connectivity index (χ3n) is 6.79. The molecule has 37 heavy (non-hydrogen) atoms. The lowest BCUT2D eigenvalue weighted by molar-refractivity contribution is -0.124. The van der Waals surface area contributed by atoms with E-state index < -0.39 is 5.95 Å². The normalized spacial score (nSPS) is 16.4. The molecule has 5 rings (SSSR count). The van der Waals surface area contributed by atoms with Gasteiger partial charge in [-0.05, 0) is 72.0 Å². The number of imidazole rings is 1. The average molecular weight is 503 g/mol. The minimum Gasteiger partial charge on any atom is -0.325 e. The third kappa shape index (κ3) is 4.81. The van der Waals surface area contributed by atoms with Crippen LogP contribution in [0.25, 0.3) is 22.4 Å². The van der Waals surface area contributed by atoms with Crippen LogP contribution in [-0.2, 0) is 11.2 Å². The van der Waals surface area contributed by atoms with E-state index >= 15 is 0 Å². The summed E-state index contributed by atoms with van der Waals surface area (Å²) < 4.78 is 16.8. The summed E-state index contributed by atoms with van der Waals surface area (Å²) in [7, 11) is 3.87. The molecule has 4 aromatic heterocycles. The highest BCUT2D eigenvalue weighted by Crippen LogP contribution is 2.27. The first kappa shape index (κ1) is 24.9. The van der Waals surface area contributed by atoms with E-state index in [-0.39, 0.29) is 23.5 Å². The molecular weight excluding hydrogens is 471 g/mol. The van der Waals surface area contributed by atoms with Crippen LogP contribution >= 0.6 is 0 Å². The van der Waals surface area contributed by atoms with Gasteiger partial charge in [0.05, 0.1) is 41.3 Å². The van der Waals surface area contributed by atoms with E-state index in [1.165, 1.54) is 0 Å². The highest BCUT2D eigenvalue weighted by atomic mass is 19.1. The first-order valence-corrected chi connectivity index (χ1v) is 12.5. The van der Waals surface area contributed by atoms with Gasteiger partial charge in [0, 0.05) is 24.5 Å². The molecule has 5 heterocycles. The second kappa shape index (κ2) is 9.93. The van der Waals surface area contributed by atoms with Crippen molar-refractivity contribution in [3.63, 3.8) is 0 Å². The van der Waals surface area contributed by atoms with Crippen LogP contribution < -0.4 is 4.90 Å². The molecule has 0 aromatic carbocycles. The molecular formula is C27H31FN8O. The van der Waals surface area contributed by atoms with E-state index in [1.807, 2.05) is 67.4 Å². The molecule has 0 spiro atoms. The quantitative estimate of drug-likeness (QED) is 0.369. The summed E-state index contributed by atoms with van der Waals surface area (Å²) in [5.74, 6) is 0.781. The number of pyridine rings is 2. The van der Waals surface area contributed by atoms with Gasteiger partial charge in [0.1, 0.15) is 17.2 Å². The van der Waals surface area contributed by atoms with Crippen molar-refractivity contribution in [1.29, 1.82) is 0 Å². The number of aromatic nitrogens is 6. The van der Waals surface area contributed by atoms with Gasteiger partial charge in [-0.2, -0.15) is 4.39 Å². The fraction of sp³-hybridized carbons (Fsp3) is 0.407. The molecule has 0 radical (unpaired) electrons. The number of anilines is 1. The molecule has 4 aromatic rings. The fourth-order valence-electron chi connectivity index (χ4n) is 5.02.